The molecule has 0 amide bonds. The highest BCUT2D eigenvalue weighted by Crippen LogP contribution is 2.52. The summed E-state index contributed by atoms with van der Waals surface area (Å²) in [5, 5.41) is 0. The number of carbonyl (C=O) groups excluding carboxylic acids is 2. The van der Waals surface area contributed by atoms with Crippen LogP contribution in [-0.2, 0) is 58.6 Å². The molecular weight excluding hydrogens is 820 g/mol. The molecule has 8 nitrogen and oxygen atoms in total. The van der Waals surface area contributed by atoms with Crippen molar-refractivity contribution in [2.75, 3.05) is 0 Å². The number of rotatable bonds is 9. The molecule has 4 aromatic carbocycles. The molecule has 4 rings (SSSR count). The van der Waals surface area contributed by atoms with Crippen LogP contribution in [0.5, 0.6) is 5.75 Å². The normalized spacial score (nSPS) is 13.6. The number of benzene rings is 4. The molecule has 0 heterocycles. The average molecular weight is 854 g/mol. The Hall–Kier alpha value is -4.75. The van der Waals surface area contributed by atoms with E-state index in [1.54, 1.807) is 41.5 Å². The van der Waals surface area contributed by atoms with E-state index in [-0.39, 0.29) is 26.7 Å². The highest BCUT2D eigenvalue weighted by molar-refractivity contribution is 7.97. The van der Waals surface area contributed by atoms with Crippen molar-refractivity contribution in [2.24, 2.45) is 0 Å². The maximum atomic E-state index is 14.9. The van der Waals surface area contributed by atoms with E-state index in [0.717, 1.165) is 24.3 Å². The molecule has 308 valence electrons. The molecule has 0 aliphatic carbocycles. The second kappa shape index (κ2) is 15.9. The number of halogens is 9. The van der Waals surface area contributed by atoms with Gasteiger partial charge in [-0.2, -0.15) is 47.9 Å². The summed E-state index contributed by atoms with van der Waals surface area (Å²) in [6.07, 6.45) is -20.2. The molecular formula is C38H34F9O8S2+. The van der Waals surface area contributed by atoms with Gasteiger partial charge >= 0.3 is 30.5 Å². The topological polar surface area (TPSA) is 116 Å². The number of para-hydroxylation sites is 1. The number of hydrogen-bond donors (Lipinski definition) is 1. The van der Waals surface area contributed by atoms with E-state index in [9.17, 15) is 62.1 Å². The minimum Gasteiger partial charge on any atom is -0.466 e. The maximum Gasteiger partial charge on any atom is 0.422 e. The number of carbonyl (C=O) groups is 2. The van der Waals surface area contributed by atoms with Crippen molar-refractivity contribution in [1.29, 1.82) is 0 Å². The number of alkyl halides is 9. The highest BCUT2D eigenvalue weighted by atomic mass is 32.2. The molecule has 4 aromatic rings. The number of hydrogen-bond acceptors (Lipinski definition) is 7. The van der Waals surface area contributed by atoms with Crippen LogP contribution in [0, 0.1) is 0 Å². The van der Waals surface area contributed by atoms with Gasteiger partial charge in [0.15, 0.2) is 14.7 Å². The first-order valence-corrected chi connectivity index (χ1v) is 19.1. The summed E-state index contributed by atoms with van der Waals surface area (Å²) >= 11 is 0. The molecule has 0 saturated heterocycles. The third-order valence-corrected chi connectivity index (χ3v) is 10.6. The van der Waals surface area contributed by atoms with Crippen molar-refractivity contribution in [3.05, 3.63) is 102 Å². The molecule has 0 aliphatic rings. The van der Waals surface area contributed by atoms with E-state index in [0.29, 0.717) is 0 Å². The standard InChI is InChI=1S/C38H33F9O8S2/c1-34(2,3)54-32(48)29(33(49)55-35(4,5)6)53-27-15-11-10-14-24(27)21-16-18-23(19-17-21)56(22-12-8-7-9-13-22)30-25(36(39,40)41)20-26(37(42,43)44)31(57(50,51)52)28(30)38(45,46)47/h7-20,29H,1-6H3/p+1. The van der Waals surface area contributed by atoms with Gasteiger partial charge < -0.3 is 14.2 Å². The second-order valence-corrected chi connectivity index (χ2v) is 17.5. The summed E-state index contributed by atoms with van der Waals surface area (Å²) in [4.78, 5) is 21.0. The molecule has 0 fully saturated rings. The van der Waals surface area contributed by atoms with Gasteiger partial charge in [-0.1, -0.05) is 36.4 Å². The summed E-state index contributed by atoms with van der Waals surface area (Å²) in [5.74, 6) is -2.35. The van der Waals surface area contributed by atoms with Gasteiger partial charge in [0.25, 0.3) is 16.2 Å². The molecule has 0 radical (unpaired) electrons. The Morgan fingerprint density at radius 2 is 1.09 bits per heavy atom. The molecule has 0 aromatic heterocycles. The van der Waals surface area contributed by atoms with E-state index in [1.807, 2.05) is 0 Å². The van der Waals surface area contributed by atoms with Crippen LogP contribution >= 0.6 is 0 Å². The minimum absolute atomic E-state index is 0.117. The zero-order valence-corrected chi connectivity index (χ0v) is 32.3. The van der Waals surface area contributed by atoms with E-state index in [2.05, 4.69) is 0 Å². The van der Waals surface area contributed by atoms with Crippen molar-refractivity contribution >= 4 is 33.0 Å². The SMILES string of the molecule is CC(C)(C)OC(=O)C(Oc1ccccc1-c1ccc([S+](c2ccccc2)c2c(C(F)(F)F)cc(C(F)(F)F)c(S(=O)(=O)O)c2C(F)(F)F)cc1)C(=O)OC(C)(C)C. The lowest BCUT2D eigenvalue weighted by Gasteiger charge is -2.27. The fraction of sp³-hybridized carbons (Fsp3) is 0.316. The molecule has 1 atom stereocenters. The smallest absolute Gasteiger partial charge is 0.422 e. The van der Waals surface area contributed by atoms with E-state index in [4.69, 9.17) is 14.2 Å². The van der Waals surface area contributed by atoms with Gasteiger partial charge in [-0.05, 0) is 95.6 Å². The van der Waals surface area contributed by atoms with Crippen LogP contribution in [-0.4, -0.2) is 42.2 Å². The Morgan fingerprint density at radius 3 is 1.53 bits per heavy atom. The van der Waals surface area contributed by atoms with Crippen molar-refractivity contribution in [3.63, 3.8) is 0 Å². The fourth-order valence-electron chi connectivity index (χ4n) is 5.34. The van der Waals surface area contributed by atoms with Crippen LogP contribution < -0.4 is 4.74 Å². The maximum absolute atomic E-state index is 14.9. The molecule has 1 N–H and O–H groups in total. The van der Waals surface area contributed by atoms with Gasteiger partial charge in [-0.3, -0.25) is 4.55 Å². The van der Waals surface area contributed by atoms with Crippen LogP contribution in [0.25, 0.3) is 11.1 Å². The molecule has 0 bridgehead atoms. The molecule has 1 unspecified atom stereocenters. The van der Waals surface area contributed by atoms with E-state index < -0.39 is 101 Å². The van der Waals surface area contributed by atoms with Gasteiger partial charge in [0.1, 0.15) is 43.9 Å². The predicted molar refractivity (Wildman–Crippen MR) is 188 cm³/mol. The zero-order chi connectivity index (χ0) is 43.1. The van der Waals surface area contributed by atoms with E-state index >= 15 is 0 Å². The first-order valence-electron chi connectivity index (χ1n) is 16.4. The molecule has 19 heteroatoms. The largest absolute Gasteiger partial charge is 0.466 e. The number of esters is 2. The van der Waals surface area contributed by atoms with Crippen LogP contribution in [0.1, 0.15) is 58.2 Å². The Kier molecular flexibility index (Phi) is 12.5. The Labute approximate surface area is 324 Å². The van der Waals surface area contributed by atoms with E-state index in [1.165, 1.54) is 54.6 Å². The fourth-order valence-corrected chi connectivity index (χ4v) is 8.73. The van der Waals surface area contributed by atoms with Crippen LogP contribution in [0.3, 0.4) is 0 Å². The Bertz CT molecular complexity index is 2190. The van der Waals surface area contributed by atoms with Gasteiger partial charge in [0.2, 0.25) is 0 Å². The molecule has 57 heavy (non-hydrogen) atoms. The third kappa shape index (κ3) is 11.0. The summed E-state index contributed by atoms with van der Waals surface area (Å²) in [7, 11) is -9.14. The average Bonchev–Trinajstić information content (AvgIpc) is 3.04. The second-order valence-electron chi connectivity index (χ2n) is 14.2. The summed E-state index contributed by atoms with van der Waals surface area (Å²) in [6, 6.07) is 15.6. The quantitative estimate of drug-likeness (QED) is 0.0582. The van der Waals surface area contributed by atoms with Crippen LogP contribution in [0.4, 0.5) is 39.5 Å². The molecule has 0 spiro atoms. The first-order chi connectivity index (χ1) is 25.9. The monoisotopic (exact) mass is 853 g/mol. The van der Waals surface area contributed by atoms with Gasteiger partial charge in [-0.25, -0.2) is 9.59 Å². The Balaban J connectivity index is 2.00. The highest BCUT2D eigenvalue weighted by Gasteiger charge is 2.56. The summed E-state index contributed by atoms with van der Waals surface area (Å²) < 4.78 is 182. The summed E-state index contributed by atoms with van der Waals surface area (Å²) in [6.45, 7) is 9.25. The van der Waals surface area contributed by atoms with Crippen LogP contribution in [0.15, 0.2) is 105 Å². The Morgan fingerprint density at radius 1 is 0.632 bits per heavy atom. The predicted octanol–water partition coefficient (Wildman–Crippen LogP) is 10.2. The first kappa shape index (κ1) is 45.0. The van der Waals surface area contributed by atoms with Crippen molar-refractivity contribution in [2.45, 2.75) is 97.0 Å². The van der Waals surface area contributed by atoms with Crippen molar-refractivity contribution in [1.82, 2.24) is 0 Å². The lowest BCUT2D eigenvalue weighted by molar-refractivity contribution is -0.179. The van der Waals surface area contributed by atoms with Gasteiger partial charge in [-0.15, -0.1) is 0 Å². The van der Waals surface area contributed by atoms with Crippen molar-refractivity contribution < 1.29 is 76.3 Å². The van der Waals surface area contributed by atoms with Crippen molar-refractivity contribution in [3.8, 4) is 16.9 Å². The zero-order valence-electron chi connectivity index (χ0n) is 30.7. The van der Waals surface area contributed by atoms with Gasteiger partial charge in [0, 0.05) is 5.56 Å². The molecule has 0 saturated carbocycles. The number of ether oxygens (including phenoxy) is 3. The lowest BCUT2D eigenvalue weighted by Crippen LogP contribution is -2.44. The summed E-state index contributed by atoms with van der Waals surface area (Å²) in [5.41, 5.74) is -9.99. The van der Waals surface area contributed by atoms with Gasteiger partial charge in [0.05, 0.1) is 5.56 Å². The van der Waals surface area contributed by atoms with Crippen LogP contribution in [0.2, 0.25) is 0 Å². The third-order valence-electron chi connectivity index (χ3n) is 7.34. The lowest BCUT2D eigenvalue weighted by atomic mass is 10.0. The molecule has 0 aliphatic heterocycles. The minimum atomic E-state index is -6.49.